The third-order valence-corrected chi connectivity index (χ3v) is 10.4. The Morgan fingerprint density at radius 2 is 0.870 bits per heavy atom. The second kappa shape index (κ2) is 43.8. The number of rotatable bonds is 42. The Bertz CT molecular complexity index is 884. The minimum absolute atomic E-state index is 0.0219. The summed E-state index contributed by atoms with van der Waals surface area (Å²) in [5, 5.41) is 22.8. The number of carbonyl (C=O) groups excluding carboxylic acids is 2. The molecular formula is C48H89NO5. The van der Waals surface area contributed by atoms with Crippen molar-refractivity contribution in [3.05, 3.63) is 36.5 Å². The summed E-state index contributed by atoms with van der Waals surface area (Å²) < 4.78 is 5.43. The van der Waals surface area contributed by atoms with Crippen LogP contribution in [0.1, 0.15) is 232 Å². The minimum Gasteiger partial charge on any atom is -0.466 e. The van der Waals surface area contributed by atoms with Crippen molar-refractivity contribution in [1.29, 1.82) is 0 Å². The molecule has 0 radical (unpaired) electrons. The van der Waals surface area contributed by atoms with Gasteiger partial charge in [-0.3, -0.25) is 9.59 Å². The summed E-state index contributed by atoms with van der Waals surface area (Å²) in [6, 6.07) is -0.637. The fraction of sp³-hybridized carbons (Fsp3) is 0.833. The fourth-order valence-electron chi connectivity index (χ4n) is 6.74. The molecule has 0 heterocycles. The summed E-state index contributed by atoms with van der Waals surface area (Å²) in [5.41, 5.74) is 0. The zero-order chi connectivity index (χ0) is 39.4. The van der Waals surface area contributed by atoms with Crippen LogP contribution in [0.4, 0.5) is 0 Å². The minimum atomic E-state index is -0.852. The highest BCUT2D eigenvalue weighted by Gasteiger charge is 2.18. The van der Waals surface area contributed by atoms with E-state index in [1.54, 1.807) is 6.08 Å². The summed E-state index contributed by atoms with van der Waals surface area (Å²) in [4.78, 5) is 24.3. The quantitative estimate of drug-likeness (QED) is 0.0327. The summed E-state index contributed by atoms with van der Waals surface area (Å²) in [6.45, 7) is 4.80. The monoisotopic (exact) mass is 760 g/mol. The van der Waals surface area contributed by atoms with Crippen molar-refractivity contribution >= 4 is 11.9 Å². The maximum atomic E-state index is 12.3. The van der Waals surface area contributed by atoms with Crippen LogP contribution in [0.5, 0.6) is 0 Å². The van der Waals surface area contributed by atoms with E-state index in [4.69, 9.17) is 4.74 Å². The molecule has 0 spiro atoms. The molecule has 3 N–H and O–H groups in total. The van der Waals surface area contributed by atoms with E-state index in [2.05, 4.69) is 43.5 Å². The zero-order valence-electron chi connectivity index (χ0n) is 35.7. The van der Waals surface area contributed by atoms with E-state index in [9.17, 15) is 19.8 Å². The molecular weight excluding hydrogens is 671 g/mol. The number of carbonyl (C=O) groups is 2. The molecule has 0 saturated heterocycles. The lowest BCUT2D eigenvalue weighted by atomic mass is 10.1. The second-order valence-corrected chi connectivity index (χ2v) is 15.7. The first kappa shape index (κ1) is 52.1. The van der Waals surface area contributed by atoms with Crippen LogP contribution in [-0.2, 0) is 14.3 Å². The third kappa shape index (κ3) is 39.8. The smallest absolute Gasteiger partial charge is 0.305 e. The van der Waals surface area contributed by atoms with Crippen LogP contribution in [0.2, 0.25) is 0 Å². The van der Waals surface area contributed by atoms with Crippen molar-refractivity contribution in [2.24, 2.45) is 0 Å². The Hall–Kier alpha value is -1.92. The number of aliphatic hydroxyl groups is 2. The number of hydrogen-bond donors (Lipinski definition) is 3. The summed E-state index contributed by atoms with van der Waals surface area (Å²) in [5.74, 6) is -0.110. The lowest BCUT2D eigenvalue weighted by Crippen LogP contribution is -2.45. The lowest BCUT2D eigenvalue weighted by molar-refractivity contribution is -0.143. The molecule has 0 aromatic heterocycles. The number of unbranched alkanes of at least 4 members (excludes halogenated alkanes) is 27. The Morgan fingerprint density at radius 1 is 0.500 bits per heavy atom. The first-order valence-electron chi connectivity index (χ1n) is 23.3. The molecule has 1 amide bonds. The van der Waals surface area contributed by atoms with E-state index in [-0.39, 0.29) is 18.5 Å². The van der Waals surface area contributed by atoms with E-state index in [0.29, 0.717) is 19.4 Å². The van der Waals surface area contributed by atoms with Gasteiger partial charge in [-0.2, -0.15) is 0 Å². The number of nitrogens with one attached hydrogen (secondary N) is 1. The van der Waals surface area contributed by atoms with Crippen LogP contribution in [-0.4, -0.2) is 47.4 Å². The van der Waals surface area contributed by atoms with Gasteiger partial charge in [0.15, 0.2) is 0 Å². The second-order valence-electron chi connectivity index (χ2n) is 15.7. The van der Waals surface area contributed by atoms with Crippen molar-refractivity contribution in [3.8, 4) is 0 Å². The maximum absolute atomic E-state index is 12.3. The molecule has 0 aliphatic rings. The SMILES string of the molecule is CCCCCC/C=C\CCCCCCCC(=O)OCCCCCC/C=C\CCCCCCCCCC(=O)NC(CO)C(O)/C=C/CCCCCCCCC. The highest BCUT2D eigenvalue weighted by atomic mass is 16.5. The molecule has 0 fully saturated rings. The molecule has 0 bridgehead atoms. The highest BCUT2D eigenvalue weighted by Crippen LogP contribution is 2.13. The normalized spacial score (nSPS) is 13.0. The van der Waals surface area contributed by atoms with Crippen molar-refractivity contribution < 1.29 is 24.5 Å². The van der Waals surface area contributed by atoms with Gasteiger partial charge in [0.2, 0.25) is 5.91 Å². The van der Waals surface area contributed by atoms with Gasteiger partial charge in [-0.25, -0.2) is 0 Å². The predicted molar refractivity (Wildman–Crippen MR) is 232 cm³/mol. The van der Waals surface area contributed by atoms with Crippen molar-refractivity contribution in [1.82, 2.24) is 5.32 Å². The molecule has 54 heavy (non-hydrogen) atoms. The van der Waals surface area contributed by atoms with Gasteiger partial charge in [0, 0.05) is 12.8 Å². The number of ether oxygens (including phenoxy) is 1. The molecule has 0 rings (SSSR count). The number of allylic oxidation sites excluding steroid dienone is 5. The van der Waals surface area contributed by atoms with Crippen LogP contribution < -0.4 is 5.32 Å². The van der Waals surface area contributed by atoms with Gasteiger partial charge in [-0.05, 0) is 83.5 Å². The number of aliphatic hydroxyl groups excluding tert-OH is 2. The Morgan fingerprint density at radius 3 is 1.33 bits per heavy atom. The summed E-state index contributed by atoms with van der Waals surface area (Å²) in [7, 11) is 0. The average Bonchev–Trinajstić information content (AvgIpc) is 3.17. The number of amides is 1. The predicted octanol–water partition coefficient (Wildman–Crippen LogP) is 13.3. The van der Waals surface area contributed by atoms with Crippen LogP contribution in [0, 0.1) is 0 Å². The van der Waals surface area contributed by atoms with E-state index >= 15 is 0 Å². The molecule has 0 aliphatic heterocycles. The molecule has 0 saturated carbocycles. The van der Waals surface area contributed by atoms with E-state index in [0.717, 1.165) is 70.6 Å². The Labute approximate surface area is 334 Å². The molecule has 0 aromatic carbocycles. The van der Waals surface area contributed by atoms with E-state index in [1.807, 2.05) is 6.08 Å². The van der Waals surface area contributed by atoms with E-state index < -0.39 is 12.1 Å². The number of esters is 1. The van der Waals surface area contributed by atoms with Gasteiger partial charge in [-0.1, -0.05) is 172 Å². The van der Waals surface area contributed by atoms with Crippen LogP contribution in [0.3, 0.4) is 0 Å². The summed E-state index contributed by atoms with van der Waals surface area (Å²) in [6.07, 6.45) is 51.4. The lowest BCUT2D eigenvalue weighted by Gasteiger charge is -2.20. The fourth-order valence-corrected chi connectivity index (χ4v) is 6.74. The third-order valence-electron chi connectivity index (χ3n) is 10.4. The van der Waals surface area contributed by atoms with Crippen LogP contribution in [0.25, 0.3) is 0 Å². The Kier molecular flexibility index (Phi) is 42.2. The highest BCUT2D eigenvalue weighted by molar-refractivity contribution is 5.76. The van der Waals surface area contributed by atoms with Crippen molar-refractivity contribution in [2.45, 2.75) is 244 Å². The first-order chi connectivity index (χ1) is 26.5. The van der Waals surface area contributed by atoms with Crippen LogP contribution >= 0.6 is 0 Å². The van der Waals surface area contributed by atoms with Gasteiger partial charge >= 0.3 is 5.97 Å². The first-order valence-corrected chi connectivity index (χ1v) is 23.3. The number of hydrogen-bond acceptors (Lipinski definition) is 5. The van der Waals surface area contributed by atoms with Crippen LogP contribution in [0.15, 0.2) is 36.5 Å². The zero-order valence-corrected chi connectivity index (χ0v) is 35.7. The largest absolute Gasteiger partial charge is 0.466 e. The molecule has 6 heteroatoms. The van der Waals surface area contributed by atoms with Gasteiger partial charge in [0.1, 0.15) is 0 Å². The topological polar surface area (TPSA) is 95.9 Å². The molecule has 2 unspecified atom stereocenters. The molecule has 0 aliphatic carbocycles. The Balaban J connectivity index is 3.50. The summed E-state index contributed by atoms with van der Waals surface area (Å²) >= 11 is 0. The van der Waals surface area contributed by atoms with E-state index in [1.165, 1.54) is 135 Å². The van der Waals surface area contributed by atoms with Gasteiger partial charge in [0.05, 0.1) is 25.4 Å². The maximum Gasteiger partial charge on any atom is 0.305 e. The van der Waals surface area contributed by atoms with Crippen molar-refractivity contribution in [3.63, 3.8) is 0 Å². The van der Waals surface area contributed by atoms with Gasteiger partial charge < -0.3 is 20.3 Å². The molecule has 6 nitrogen and oxygen atoms in total. The molecule has 2 atom stereocenters. The average molecular weight is 760 g/mol. The van der Waals surface area contributed by atoms with Gasteiger partial charge in [-0.15, -0.1) is 0 Å². The van der Waals surface area contributed by atoms with Crippen molar-refractivity contribution in [2.75, 3.05) is 13.2 Å². The molecule has 0 aromatic rings. The standard InChI is InChI=1S/C48H89NO5/c1-3-5-7-9-11-13-14-18-22-26-30-34-38-42-48(53)54-43-39-35-31-27-23-20-17-15-16-19-21-25-29-33-37-41-47(52)49-45(44-50)46(51)40-36-32-28-24-12-10-8-6-4-2/h13-14,17,20,36,40,45-46,50-51H,3-12,15-16,18-19,21-35,37-39,41-44H2,1-2H3,(H,49,52)/b14-13-,20-17-,40-36+. The molecule has 316 valence electrons. The van der Waals surface area contributed by atoms with Gasteiger partial charge in [0.25, 0.3) is 0 Å².